The van der Waals surface area contributed by atoms with Gasteiger partial charge in [-0.05, 0) is 71.4 Å². The van der Waals surface area contributed by atoms with Gasteiger partial charge in [-0.25, -0.2) is 18.2 Å². The topological polar surface area (TPSA) is 184 Å². The van der Waals surface area contributed by atoms with Gasteiger partial charge >= 0.3 is 6.09 Å². The van der Waals surface area contributed by atoms with Gasteiger partial charge in [-0.15, -0.1) is 11.3 Å². The number of likely N-dealkylation sites (tertiary alicyclic amines) is 1. The van der Waals surface area contributed by atoms with Gasteiger partial charge in [-0.1, -0.05) is 37.1 Å². The first-order valence-electron chi connectivity index (χ1n) is 18.8. The third kappa shape index (κ3) is 8.04. The zero-order valence-corrected chi connectivity index (χ0v) is 32.4. The molecular formula is C38H48N6O8S2. The Balaban J connectivity index is 1.18. The summed E-state index contributed by atoms with van der Waals surface area (Å²) >= 11 is 1.47. The van der Waals surface area contributed by atoms with E-state index >= 15 is 0 Å². The van der Waals surface area contributed by atoms with E-state index in [1.807, 2.05) is 23.6 Å². The van der Waals surface area contributed by atoms with Gasteiger partial charge in [0.25, 0.3) is 11.8 Å². The number of rotatable bonds is 6. The molecule has 0 bridgehead atoms. The van der Waals surface area contributed by atoms with Crippen LogP contribution in [-0.2, 0) is 29.1 Å². The van der Waals surface area contributed by atoms with Gasteiger partial charge in [-0.3, -0.25) is 23.9 Å². The van der Waals surface area contributed by atoms with E-state index in [0.717, 1.165) is 23.4 Å². The van der Waals surface area contributed by atoms with Crippen LogP contribution < -0.4 is 15.4 Å². The van der Waals surface area contributed by atoms with Crippen LogP contribution in [0, 0.1) is 17.8 Å². The molecular weight excluding hydrogens is 733 g/mol. The first kappa shape index (κ1) is 38.0. The number of thiazole rings is 1. The number of carbonyl (C=O) groups excluding carboxylic acids is 5. The molecule has 16 heteroatoms. The first-order chi connectivity index (χ1) is 25.6. The summed E-state index contributed by atoms with van der Waals surface area (Å²) in [5.41, 5.74) is -1.02. The molecule has 2 aliphatic carbocycles. The zero-order valence-electron chi connectivity index (χ0n) is 30.8. The number of fused-ring (bicyclic) bond motifs is 4. The zero-order chi connectivity index (χ0) is 38.4. The molecule has 3 N–H and O–H groups in total. The van der Waals surface area contributed by atoms with Gasteiger partial charge in [0.1, 0.15) is 28.2 Å². The maximum atomic E-state index is 14.6. The number of hydrogen-bond donors (Lipinski definition) is 3. The average molecular weight is 781 g/mol. The summed E-state index contributed by atoms with van der Waals surface area (Å²) in [7, 11) is -3.90. The van der Waals surface area contributed by atoms with Crippen LogP contribution in [0.25, 0.3) is 10.6 Å². The van der Waals surface area contributed by atoms with Gasteiger partial charge in [0.2, 0.25) is 21.8 Å². The molecule has 1 aromatic carbocycles. The lowest BCUT2D eigenvalue weighted by molar-refractivity contribution is -0.142. The average Bonchev–Trinajstić information content (AvgIpc) is 3.91. The van der Waals surface area contributed by atoms with Gasteiger partial charge in [0.05, 0.1) is 5.25 Å². The van der Waals surface area contributed by atoms with E-state index in [0.29, 0.717) is 44.2 Å². The Morgan fingerprint density at radius 3 is 2.57 bits per heavy atom. The predicted octanol–water partition coefficient (Wildman–Crippen LogP) is 3.61. The highest BCUT2D eigenvalue weighted by Gasteiger charge is 2.63. The fourth-order valence-corrected chi connectivity index (χ4v) is 10.0. The Morgan fingerprint density at radius 1 is 1.06 bits per heavy atom. The summed E-state index contributed by atoms with van der Waals surface area (Å²) in [6, 6.07) is 5.17. The highest BCUT2D eigenvalue weighted by Crippen LogP contribution is 2.47. The van der Waals surface area contributed by atoms with Gasteiger partial charge < -0.3 is 25.2 Å². The van der Waals surface area contributed by atoms with Crippen molar-refractivity contribution in [2.24, 2.45) is 17.8 Å². The third-order valence-electron chi connectivity index (χ3n) is 11.0. The molecule has 0 radical (unpaired) electrons. The summed E-state index contributed by atoms with van der Waals surface area (Å²) in [5.74, 6) is -3.24. The molecule has 1 aromatic heterocycles. The second-order valence-corrected chi connectivity index (χ2v) is 19.1. The monoisotopic (exact) mass is 780 g/mol. The second kappa shape index (κ2) is 14.7. The smallest absolute Gasteiger partial charge is 0.408 e. The highest BCUT2D eigenvalue weighted by molar-refractivity contribution is 7.91. The van der Waals surface area contributed by atoms with Crippen LogP contribution in [0.4, 0.5) is 4.79 Å². The maximum absolute atomic E-state index is 14.6. The van der Waals surface area contributed by atoms with Crippen LogP contribution >= 0.6 is 11.3 Å². The number of allylic oxidation sites excluding steroid dienone is 1. The molecule has 5 aliphatic rings. The molecule has 14 nitrogen and oxygen atoms in total. The number of amides is 5. The van der Waals surface area contributed by atoms with Crippen molar-refractivity contribution in [3.05, 3.63) is 53.6 Å². The lowest BCUT2D eigenvalue weighted by Gasteiger charge is -2.33. The van der Waals surface area contributed by atoms with Gasteiger partial charge in [0.15, 0.2) is 0 Å². The van der Waals surface area contributed by atoms with Crippen LogP contribution in [-0.4, -0.2) is 101 Å². The van der Waals surface area contributed by atoms with Crippen LogP contribution in [0.3, 0.4) is 0 Å². The van der Waals surface area contributed by atoms with Crippen molar-refractivity contribution < 1.29 is 37.1 Å². The third-order valence-corrected chi connectivity index (χ3v) is 13.6. The molecule has 3 aliphatic heterocycles. The Kier molecular flexibility index (Phi) is 10.4. The van der Waals surface area contributed by atoms with E-state index in [2.05, 4.69) is 20.3 Å². The van der Waals surface area contributed by atoms with Crippen molar-refractivity contribution in [3.63, 3.8) is 0 Å². The highest BCUT2D eigenvalue weighted by atomic mass is 32.2. The van der Waals surface area contributed by atoms with Gasteiger partial charge in [-0.2, -0.15) is 0 Å². The van der Waals surface area contributed by atoms with E-state index in [-0.39, 0.29) is 31.3 Å². The Morgan fingerprint density at radius 2 is 1.85 bits per heavy atom. The summed E-state index contributed by atoms with van der Waals surface area (Å²) in [5, 5.41) is 7.71. The number of alkyl carbamates (subject to hydrolysis) is 1. The number of nitrogens with zero attached hydrogens (tertiary/aromatic N) is 3. The Hall–Kier alpha value is -4.31. The molecule has 2 aromatic rings. The summed E-state index contributed by atoms with van der Waals surface area (Å²) in [6.45, 7) is 5.81. The number of sulfonamides is 1. The van der Waals surface area contributed by atoms with Gasteiger partial charge in [0, 0.05) is 60.1 Å². The number of hydrogen-bond acceptors (Lipinski definition) is 10. The van der Waals surface area contributed by atoms with Crippen LogP contribution in [0.5, 0.6) is 0 Å². The number of ether oxygens (including phenoxy) is 1. The van der Waals surface area contributed by atoms with Crippen molar-refractivity contribution in [3.8, 4) is 10.6 Å². The molecule has 6 atom stereocenters. The largest absolute Gasteiger partial charge is 0.444 e. The second-order valence-electron chi connectivity index (χ2n) is 16.2. The molecule has 4 fully saturated rings. The molecule has 0 spiro atoms. The van der Waals surface area contributed by atoms with Crippen LogP contribution in [0.15, 0.2) is 48.0 Å². The minimum absolute atomic E-state index is 0.148. The summed E-state index contributed by atoms with van der Waals surface area (Å²) in [4.78, 5) is 77.4. The number of benzene rings is 1. The SMILES string of the molecule is CC(C)(C)OC(=O)N[C@@H]1CCCCC/C=C\[C@H]2C[C@@]2(C(=O)NS(=O)(=O)C2CC2)NC(=O)[C@@H]2[C@H]3CN(C(=O)c4cccc(-c5nccs5)c4)C[C@H]3CN2C1=O. The maximum Gasteiger partial charge on any atom is 0.408 e. The summed E-state index contributed by atoms with van der Waals surface area (Å²) in [6.07, 6.45) is 9.14. The van der Waals surface area contributed by atoms with Crippen molar-refractivity contribution >= 4 is 51.1 Å². The van der Waals surface area contributed by atoms with Crippen molar-refractivity contribution in [2.75, 3.05) is 19.6 Å². The van der Waals surface area contributed by atoms with Crippen LogP contribution in [0.1, 0.15) is 82.5 Å². The lowest BCUT2D eigenvalue weighted by Crippen LogP contribution is -2.60. The molecule has 290 valence electrons. The van der Waals surface area contributed by atoms with E-state index in [1.165, 1.54) is 16.2 Å². The number of carbonyl (C=O) groups is 5. The van der Waals surface area contributed by atoms with Crippen molar-refractivity contribution in [1.82, 2.24) is 30.1 Å². The fraction of sp³-hybridized carbons (Fsp3) is 0.579. The number of nitrogens with one attached hydrogen (secondary N) is 3. The standard InChI is InChI=1S/C38H48N6O8S2/c1-37(2,3)52-36(49)40-29-13-8-6-4-5-7-12-26-19-38(26,35(48)42-54(50,51)27-14-15-27)41-31(45)30-28-22-43(20-25(28)21-44(30)34(29)47)33(46)24-11-9-10-23(18-24)32-39-16-17-53-32/h7,9-12,16-18,25-30H,4-6,8,13-15,19-22H2,1-3H3,(H,40,49)(H,41,45)(H,42,48)/b12-7-/t25-,26-,28-,29+,30-,38+/m0/s1. The lowest BCUT2D eigenvalue weighted by atomic mass is 9.93. The quantitative estimate of drug-likeness (QED) is 0.369. The van der Waals surface area contributed by atoms with Crippen LogP contribution in [0.2, 0.25) is 0 Å². The van der Waals surface area contributed by atoms with Crippen molar-refractivity contribution in [1.29, 1.82) is 0 Å². The van der Waals surface area contributed by atoms with E-state index in [4.69, 9.17) is 4.74 Å². The van der Waals surface area contributed by atoms with Crippen molar-refractivity contribution in [2.45, 2.75) is 101 Å². The molecule has 2 saturated heterocycles. The number of aromatic nitrogens is 1. The molecule has 2 saturated carbocycles. The fourth-order valence-electron chi connectivity index (χ4n) is 8.02. The molecule has 7 rings (SSSR count). The molecule has 5 amide bonds. The summed E-state index contributed by atoms with van der Waals surface area (Å²) < 4.78 is 33.5. The minimum Gasteiger partial charge on any atom is -0.444 e. The Bertz CT molecular complexity index is 1940. The van der Waals surface area contributed by atoms with E-state index in [1.54, 1.807) is 50.1 Å². The minimum atomic E-state index is -3.90. The first-order valence-corrected chi connectivity index (χ1v) is 21.2. The molecule has 54 heavy (non-hydrogen) atoms. The normalized spacial score (nSPS) is 29.4. The Labute approximate surface area is 319 Å². The molecule has 4 heterocycles. The predicted molar refractivity (Wildman–Crippen MR) is 200 cm³/mol. The molecule has 0 unspecified atom stereocenters. The van der Waals surface area contributed by atoms with E-state index in [9.17, 15) is 32.4 Å². The van der Waals surface area contributed by atoms with E-state index < -0.39 is 74.1 Å².